The van der Waals surface area contributed by atoms with Crippen LogP contribution >= 0.6 is 0 Å². The Balaban J connectivity index is 0.000000113. The Morgan fingerprint density at radius 2 is 0.639 bits per heavy atom. The van der Waals surface area contributed by atoms with E-state index in [4.69, 9.17) is 22.4 Å². The van der Waals surface area contributed by atoms with Gasteiger partial charge in [-0.15, -0.1) is 0 Å². The van der Waals surface area contributed by atoms with Gasteiger partial charge in [0.25, 0.3) is 0 Å². The fourth-order valence-electron chi connectivity index (χ4n) is 33.8. The molecule has 16 aliphatic rings. The van der Waals surface area contributed by atoms with Crippen molar-refractivity contribution in [3.63, 3.8) is 0 Å². The van der Waals surface area contributed by atoms with Gasteiger partial charge in [-0.05, 0) is 426 Å². The lowest BCUT2D eigenvalue weighted by molar-refractivity contribution is -0.282. The summed E-state index contributed by atoms with van der Waals surface area (Å²) in [5.41, 5.74) is -4.07. The number of hydrogen-bond acceptors (Lipinski definition) is 13. The van der Waals surface area contributed by atoms with Gasteiger partial charge in [-0.3, -0.25) is 19.2 Å². The first-order valence-electron chi connectivity index (χ1n) is 48.1. The van der Waals surface area contributed by atoms with E-state index in [1.165, 1.54) is 89.9 Å². The fraction of sp³-hybridized carbons (Fsp3) is 0.804. The van der Waals surface area contributed by atoms with Gasteiger partial charge in [-0.2, -0.15) is 13.2 Å². The highest BCUT2D eigenvalue weighted by Gasteiger charge is 2.66. The lowest BCUT2D eigenvalue weighted by Gasteiger charge is -2.57. The molecule has 16 aliphatic carbocycles. The van der Waals surface area contributed by atoms with Crippen molar-refractivity contribution in [2.24, 2.45) is 164 Å². The fourth-order valence-corrected chi connectivity index (χ4v) is 33.8. The minimum Gasteiger partial charge on any atom is -0.469 e. The Bertz CT molecular complexity index is 3970. The minimum atomic E-state index is -4.53. The molecule has 4 heterocycles. The number of ketones is 4. The second kappa shape index (κ2) is 33.9. The summed E-state index contributed by atoms with van der Waals surface area (Å²) in [6.07, 6.45) is 40.7. The molecule has 17 heteroatoms. The molecule has 0 saturated heterocycles. The van der Waals surface area contributed by atoms with Crippen molar-refractivity contribution < 1.29 is 79.6 Å². The molecule has 0 unspecified atom stereocenters. The summed E-state index contributed by atoms with van der Waals surface area (Å²) in [5.74, 6) is 17.8. The van der Waals surface area contributed by atoms with Crippen molar-refractivity contribution in [3.05, 3.63) is 96.6 Å². The smallest absolute Gasteiger partial charge is 0.417 e. The van der Waals surface area contributed by atoms with E-state index in [0.717, 1.165) is 192 Å². The number of hydrogen-bond donors (Lipinski definition) is 4. The van der Waals surface area contributed by atoms with Crippen LogP contribution in [0, 0.1) is 164 Å². The number of carbonyl (C=O) groups excluding carboxylic acids is 4. The first-order valence-corrected chi connectivity index (χ1v) is 48.1. The Morgan fingerprint density at radius 3 is 0.924 bits per heavy atom. The zero-order valence-electron chi connectivity index (χ0n) is 72.7. The van der Waals surface area contributed by atoms with E-state index in [1.807, 2.05) is 48.5 Å². The molecule has 4 aromatic rings. The van der Waals surface area contributed by atoms with Crippen LogP contribution in [0.25, 0.3) is 0 Å². The molecule has 20 rings (SSSR count). The first-order chi connectivity index (χ1) is 56.9. The van der Waals surface area contributed by atoms with Gasteiger partial charge in [0, 0.05) is 30.8 Å². The van der Waals surface area contributed by atoms with E-state index >= 15 is 0 Å². The van der Waals surface area contributed by atoms with E-state index in [-0.39, 0.29) is 69.9 Å². The number of Topliss-reactive ketones (excluding diaryl/α,β-unsaturated/α-hetero) is 4. The van der Waals surface area contributed by atoms with Gasteiger partial charge in [0.2, 0.25) is 0 Å². The maximum atomic E-state index is 13.4. The summed E-state index contributed by atoms with van der Waals surface area (Å²) >= 11 is 0. The van der Waals surface area contributed by atoms with Gasteiger partial charge in [0.1, 0.15) is 52.8 Å². The van der Waals surface area contributed by atoms with Crippen LogP contribution in [0.15, 0.2) is 91.3 Å². The summed E-state index contributed by atoms with van der Waals surface area (Å²) < 4.78 is 80.7. The number of aliphatic hydroxyl groups is 4. The number of halogens is 4. The van der Waals surface area contributed by atoms with Crippen LogP contribution in [0.3, 0.4) is 0 Å². The summed E-state index contributed by atoms with van der Waals surface area (Å²) in [6, 6.07) is 15.1. The van der Waals surface area contributed by atoms with Crippen molar-refractivity contribution in [3.8, 4) is 0 Å². The molecule has 4 aromatic heterocycles. The van der Waals surface area contributed by atoms with Gasteiger partial charge in [-0.25, -0.2) is 4.39 Å². The van der Waals surface area contributed by atoms with Crippen LogP contribution in [0.4, 0.5) is 17.6 Å². The van der Waals surface area contributed by atoms with E-state index in [0.29, 0.717) is 128 Å². The van der Waals surface area contributed by atoms with Crippen molar-refractivity contribution >= 4 is 23.1 Å². The average molecular weight is 1650 g/mol. The summed E-state index contributed by atoms with van der Waals surface area (Å²) in [4.78, 5) is 52.6. The lowest BCUT2D eigenvalue weighted by Crippen LogP contribution is -2.55. The molecule has 16 fully saturated rings. The van der Waals surface area contributed by atoms with Crippen LogP contribution < -0.4 is 0 Å². The maximum absolute atomic E-state index is 13.4. The Hall–Kier alpha value is -4.68. The number of ether oxygens (including phenoxy) is 1. The summed E-state index contributed by atoms with van der Waals surface area (Å²) in [5, 5.41) is 42.5. The molecule has 0 bridgehead atoms. The molecule has 32 atom stereocenters. The van der Waals surface area contributed by atoms with Gasteiger partial charge in [-0.1, -0.05) is 34.6 Å². The zero-order chi connectivity index (χ0) is 83.4. The molecule has 16 saturated carbocycles. The molecule has 0 spiro atoms. The second-order valence-electron chi connectivity index (χ2n) is 44.4. The third kappa shape index (κ3) is 16.2. The van der Waals surface area contributed by atoms with E-state index in [1.54, 1.807) is 32.2 Å². The molecule has 119 heavy (non-hydrogen) atoms. The zero-order valence-corrected chi connectivity index (χ0v) is 72.7. The highest BCUT2D eigenvalue weighted by molar-refractivity contribution is 5.86. The van der Waals surface area contributed by atoms with Gasteiger partial charge < -0.3 is 42.8 Å². The highest BCUT2D eigenvalue weighted by atomic mass is 19.4. The molecule has 658 valence electrons. The van der Waals surface area contributed by atoms with E-state index < -0.39 is 35.3 Å². The molecule has 4 N–H and O–H groups in total. The van der Waals surface area contributed by atoms with Crippen LogP contribution in [0.2, 0.25) is 0 Å². The third-order valence-electron chi connectivity index (χ3n) is 39.4. The largest absolute Gasteiger partial charge is 0.469 e. The molecule has 0 aliphatic heterocycles. The number of furan rings is 4. The highest BCUT2D eigenvalue weighted by Crippen LogP contribution is 2.71. The monoisotopic (exact) mass is 1650 g/mol. The van der Waals surface area contributed by atoms with Gasteiger partial charge in [0.05, 0.1) is 74.1 Å². The van der Waals surface area contributed by atoms with Crippen molar-refractivity contribution in [1.82, 2.24) is 0 Å². The Morgan fingerprint density at radius 1 is 0.361 bits per heavy atom. The Labute approximate surface area is 706 Å². The third-order valence-corrected chi connectivity index (χ3v) is 39.4. The predicted molar refractivity (Wildman–Crippen MR) is 446 cm³/mol. The van der Waals surface area contributed by atoms with Crippen LogP contribution in [-0.4, -0.2) is 92.5 Å². The summed E-state index contributed by atoms with van der Waals surface area (Å²) in [7, 11) is 1.70. The molecular weight excluding hydrogens is 1510 g/mol. The minimum absolute atomic E-state index is 0.000940. The maximum Gasteiger partial charge on any atom is 0.417 e. The number of carbonyl (C=O) groups is 4. The Kier molecular flexibility index (Phi) is 24.6. The molecule has 0 aromatic carbocycles. The number of rotatable bonds is 16. The number of methoxy groups -OCH3 is 1. The van der Waals surface area contributed by atoms with Crippen LogP contribution in [-0.2, 0) is 49.6 Å². The van der Waals surface area contributed by atoms with Crippen molar-refractivity contribution in [2.75, 3.05) is 20.4 Å². The summed E-state index contributed by atoms with van der Waals surface area (Å²) in [6.45, 7) is 11.6. The van der Waals surface area contributed by atoms with E-state index in [2.05, 4.69) is 34.6 Å². The first kappa shape index (κ1) is 86.4. The average Bonchev–Trinajstić information content (AvgIpc) is 1.63. The lowest BCUT2D eigenvalue weighted by atomic mass is 9.48. The quantitative estimate of drug-likeness (QED) is 0.0770. The standard InChI is InChI=1S/C26H38O4.C26H38O3.C25H33F3O3.C25H35FO3/c1-25-11-9-20-19-10-12-26(28,16-29-2)15-17(19)5-6-21(20)22(25)7-8-23(25)24(27)14-18-4-3-13-30-18;1-3-26(28)13-11-19-17(16-26)6-7-21-20(19)10-12-25(2)22(21)8-9-23(25)24(27)15-18-5-4-14-29-18;1-23-10-8-18-17-9-11-24(30,25(26,27)28)14-15(17)4-5-19(18)20(23)6-7-21(23)22(29)13-16-3-2-12-31-16;1-24-10-8-19-18-9-11-25(28,15-26)14-16(18)4-5-20(19)21(24)6-7-22(24)23(27)13-17-3-2-12-29-17/h3-4,13,17,19-23,28H,5-12,14-16H2,1-2H3;4-5,14,17,19-23,28H,3,6-13,15-16H2,1-2H3;2-3,12,15,17-21,30H,4-11,13-14H2,1H3;2-3,12,16,18-22,28H,4-11,13-15H2,1H3/t2*17-,19+,20-,21-,22+,23-,25+,26-;15-,17+,18-,19-,20+,21-,23+,24-;16-,18+,19-,20-,21+,22-,24+,25-/m1111/s1. The number of fused-ring (bicyclic) bond motifs is 20. The molecular formula is C102H144F4O13. The van der Waals surface area contributed by atoms with E-state index in [9.17, 15) is 57.2 Å². The molecule has 0 radical (unpaired) electrons. The SMILES string of the molecule is CC[C@@]1(O)CC[C@H]2[C@H](CC[C@@H]3[C@@H]2CC[C@]2(C)[C@@H](C(=O)Cc4ccco4)CC[C@@H]32)C1.COC[C@@]1(O)CC[C@H]2[C@H](CC[C@@H]3[C@@H]2CC[C@]2(C)[C@@H](C(=O)Cc4ccco4)CC[C@@H]32)C1.C[C@]12CC[C@H]3[C@@H](CC[C@@H]4C[C@@](O)(C(F)(F)F)CC[C@@H]43)[C@@H]1CC[C@@H]2C(=O)Cc1ccco1.C[C@]12CC[C@H]3[C@@H](CC[C@@H]4C[C@@](O)(CF)CC[C@@H]43)[C@@H]1CC[C@@H]2C(=O)Cc1ccco1. The van der Waals surface area contributed by atoms with Gasteiger partial charge >= 0.3 is 6.18 Å². The normalized spacial score (nSPS) is 45.9. The van der Waals surface area contributed by atoms with Crippen molar-refractivity contribution in [1.29, 1.82) is 0 Å². The second-order valence-corrected chi connectivity index (χ2v) is 44.4. The van der Waals surface area contributed by atoms with Gasteiger partial charge in [0.15, 0.2) is 5.60 Å². The van der Waals surface area contributed by atoms with Crippen molar-refractivity contribution in [2.45, 2.75) is 326 Å². The number of alkyl halides is 4. The van der Waals surface area contributed by atoms with Crippen LogP contribution in [0.5, 0.6) is 0 Å². The molecule has 13 nitrogen and oxygen atoms in total. The topological polar surface area (TPSA) is 211 Å². The molecule has 0 amide bonds. The van der Waals surface area contributed by atoms with Crippen LogP contribution in [0.1, 0.15) is 295 Å². The predicted octanol–water partition coefficient (Wildman–Crippen LogP) is 22.2.